The molecule has 1 unspecified atom stereocenters. The van der Waals surface area contributed by atoms with Crippen LogP contribution in [0, 0.1) is 0 Å². The Morgan fingerprint density at radius 1 is 1.90 bits per heavy atom. The van der Waals surface area contributed by atoms with Gasteiger partial charge in [-0.25, -0.2) is 4.79 Å². The number of rotatable bonds is 3. The van der Waals surface area contributed by atoms with E-state index in [-0.39, 0.29) is 0 Å². The van der Waals surface area contributed by atoms with Crippen LogP contribution in [0.4, 0.5) is 0 Å². The van der Waals surface area contributed by atoms with Crippen molar-refractivity contribution in [1.82, 2.24) is 0 Å². The Kier molecular flexibility index (Phi) is 1.92. The van der Waals surface area contributed by atoms with Gasteiger partial charge in [0.1, 0.15) is 0 Å². The highest BCUT2D eigenvalue weighted by molar-refractivity contribution is 5.76. The minimum Gasteiger partial charge on any atom is -0.477 e. The SMILES string of the molecule is CCOC1(C(=O)O)CCO1. The molecule has 0 aromatic carbocycles. The van der Waals surface area contributed by atoms with Gasteiger partial charge in [-0.3, -0.25) is 0 Å². The molecule has 1 N–H and O–H groups in total. The number of aliphatic carboxylic acids is 1. The molecule has 1 saturated heterocycles. The van der Waals surface area contributed by atoms with E-state index in [2.05, 4.69) is 0 Å². The third-order valence-corrected chi connectivity index (χ3v) is 1.47. The molecule has 1 aliphatic rings. The third-order valence-electron chi connectivity index (χ3n) is 1.47. The number of hydrogen-bond donors (Lipinski definition) is 1. The molecule has 4 heteroatoms. The summed E-state index contributed by atoms with van der Waals surface area (Å²) in [6.45, 7) is 2.59. The van der Waals surface area contributed by atoms with E-state index >= 15 is 0 Å². The Hall–Kier alpha value is -0.610. The van der Waals surface area contributed by atoms with Gasteiger partial charge in [-0.05, 0) is 6.92 Å². The van der Waals surface area contributed by atoms with E-state index in [9.17, 15) is 4.79 Å². The summed E-state index contributed by atoms with van der Waals surface area (Å²) in [5.74, 6) is -2.34. The quantitative estimate of drug-likeness (QED) is 0.619. The van der Waals surface area contributed by atoms with Gasteiger partial charge in [0.25, 0.3) is 5.79 Å². The standard InChI is InChI=1S/C6H10O4/c1-2-9-6(5(7)8)3-4-10-6/h2-4H2,1H3,(H,7,8). The van der Waals surface area contributed by atoms with E-state index < -0.39 is 11.8 Å². The Bertz CT molecular complexity index is 139. The molecule has 1 atom stereocenters. The number of carboxylic acid groups (broad SMARTS) is 1. The second-order valence-electron chi connectivity index (χ2n) is 2.09. The first-order valence-electron chi connectivity index (χ1n) is 3.22. The van der Waals surface area contributed by atoms with E-state index in [0.717, 1.165) is 0 Å². The van der Waals surface area contributed by atoms with Crippen molar-refractivity contribution >= 4 is 5.97 Å². The van der Waals surface area contributed by atoms with Crippen LogP contribution in [0.3, 0.4) is 0 Å². The summed E-state index contributed by atoms with van der Waals surface area (Å²) >= 11 is 0. The average molecular weight is 146 g/mol. The number of carbonyl (C=O) groups is 1. The van der Waals surface area contributed by atoms with Crippen LogP contribution >= 0.6 is 0 Å². The Morgan fingerprint density at radius 3 is 2.60 bits per heavy atom. The molecule has 0 saturated carbocycles. The monoisotopic (exact) mass is 146 g/mol. The van der Waals surface area contributed by atoms with Gasteiger partial charge in [0.2, 0.25) is 0 Å². The van der Waals surface area contributed by atoms with Gasteiger partial charge in [-0.15, -0.1) is 0 Å². The number of ether oxygens (including phenoxy) is 2. The zero-order valence-corrected chi connectivity index (χ0v) is 5.79. The molecule has 0 radical (unpaired) electrons. The van der Waals surface area contributed by atoms with E-state index in [1.54, 1.807) is 6.92 Å². The fourth-order valence-electron chi connectivity index (χ4n) is 0.865. The molecular formula is C6H10O4. The summed E-state index contributed by atoms with van der Waals surface area (Å²) in [5, 5.41) is 8.56. The zero-order valence-electron chi connectivity index (χ0n) is 5.79. The van der Waals surface area contributed by atoms with Crippen LogP contribution in [-0.2, 0) is 14.3 Å². The maximum atomic E-state index is 10.4. The Labute approximate surface area is 58.7 Å². The molecular weight excluding hydrogens is 136 g/mol. The molecule has 1 heterocycles. The van der Waals surface area contributed by atoms with Crippen LogP contribution in [0.5, 0.6) is 0 Å². The smallest absolute Gasteiger partial charge is 0.364 e. The van der Waals surface area contributed by atoms with Crippen LogP contribution < -0.4 is 0 Å². The van der Waals surface area contributed by atoms with Gasteiger partial charge in [-0.2, -0.15) is 0 Å². The van der Waals surface area contributed by atoms with Crippen LogP contribution in [-0.4, -0.2) is 30.1 Å². The minimum atomic E-state index is -1.31. The van der Waals surface area contributed by atoms with Crippen molar-refractivity contribution in [3.63, 3.8) is 0 Å². The third kappa shape index (κ3) is 0.998. The lowest BCUT2D eigenvalue weighted by molar-refractivity contribution is -0.296. The fourth-order valence-corrected chi connectivity index (χ4v) is 0.865. The first-order valence-corrected chi connectivity index (χ1v) is 3.22. The second kappa shape index (κ2) is 2.56. The molecule has 1 fully saturated rings. The minimum absolute atomic E-state index is 0.367. The molecule has 0 bridgehead atoms. The fraction of sp³-hybridized carbons (Fsp3) is 0.833. The second-order valence-corrected chi connectivity index (χ2v) is 2.09. The molecule has 1 rings (SSSR count). The Morgan fingerprint density at radius 2 is 2.50 bits per heavy atom. The maximum Gasteiger partial charge on any atom is 0.364 e. The summed E-state index contributed by atoms with van der Waals surface area (Å²) < 4.78 is 9.70. The van der Waals surface area contributed by atoms with Crippen molar-refractivity contribution in [3.8, 4) is 0 Å². The molecule has 0 amide bonds. The molecule has 10 heavy (non-hydrogen) atoms. The highest BCUT2D eigenvalue weighted by Gasteiger charge is 2.47. The predicted molar refractivity (Wildman–Crippen MR) is 32.6 cm³/mol. The topological polar surface area (TPSA) is 55.8 Å². The summed E-state index contributed by atoms with van der Waals surface area (Å²) in [4.78, 5) is 10.4. The predicted octanol–water partition coefficient (Wildman–Crippen LogP) is 0.224. The lowest BCUT2D eigenvalue weighted by atomic mass is 10.1. The van der Waals surface area contributed by atoms with Crippen LogP contribution in [0.15, 0.2) is 0 Å². The normalized spacial score (nSPS) is 31.3. The lowest BCUT2D eigenvalue weighted by Crippen LogP contribution is -2.52. The van der Waals surface area contributed by atoms with E-state index in [0.29, 0.717) is 19.6 Å². The molecule has 1 aliphatic heterocycles. The van der Waals surface area contributed by atoms with Gasteiger partial charge in [0.05, 0.1) is 6.61 Å². The first kappa shape index (κ1) is 7.50. The van der Waals surface area contributed by atoms with E-state index in [1.807, 2.05) is 0 Å². The lowest BCUT2D eigenvalue weighted by Gasteiger charge is -2.36. The highest BCUT2D eigenvalue weighted by Crippen LogP contribution is 2.27. The van der Waals surface area contributed by atoms with Crippen molar-refractivity contribution < 1.29 is 19.4 Å². The molecule has 0 aromatic rings. The molecule has 58 valence electrons. The summed E-state index contributed by atoms with van der Waals surface area (Å²) in [6, 6.07) is 0. The van der Waals surface area contributed by atoms with Crippen molar-refractivity contribution in [1.29, 1.82) is 0 Å². The van der Waals surface area contributed by atoms with E-state index in [4.69, 9.17) is 14.6 Å². The van der Waals surface area contributed by atoms with Crippen LogP contribution in [0.1, 0.15) is 13.3 Å². The van der Waals surface area contributed by atoms with Crippen molar-refractivity contribution in [2.45, 2.75) is 19.1 Å². The summed E-state index contributed by atoms with van der Waals surface area (Å²) in [6.07, 6.45) is 0.455. The van der Waals surface area contributed by atoms with Crippen molar-refractivity contribution in [2.75, 3.05) is 13.2 Å². The van der Waals surface area contributed by atoms with Crippen molar-refractivity contribution in [3.05, 3.63) is 0 Å². The van der Waals surface area contributed by atoms with Crippen molar-refractivity contribution in [2.24, 2.45) is 0 Å². The maximum absolute atomic E-state index is 10.4. The molecule has 0 aromatic heterocycles. The largest absolute Gasteiger partial charge is 0.477 e. The first-order chi connectivity index (χ1) is 4.71. The van der Waals surface area contributed by atoms with Gasteiger partial charge in [0.15, 0.2) is 0 Å². The van der Waals surface area contributed by atoms with Gasteiger partial charge in [-0.1, -0.05) is 0 Å². The molecule has 0 aliphatic carbocycles. The Balaban J connectivity index is 2.50. The van der Waals surface area contributed by atoms with E-state index in [1.165, 1.54) is 0 Å². The van der Waals surface area contributed by atoms with Gasteiger partial charge in [0, 0.05) is 13.0 Å². The van der Waals surface area contributed by atoms with Crippen LogP contribution in [0.2, 0.25) is 0 Å². The molecule has 4 nitrogen and oxygen atoms in total. The average Bonchev–Trinajstić information content (AvgIpc) is 1.77. The van der Waals surface area contributed by atoms with Gasteiger partial charge < -0.3 is 14.6 Å². The zero-order chi connectivity index (χ0) is 7.61. The number of hydrogen-bond acceptors (Lipinski definition) is 3. The summed E-state index contributed by atoms with van der Waals surface area (Å²) in [7, 11) is 0. The van der Waals surface area contributed by atoms with Crippen LogP contribution in [0.25, 0.3) is 0 Å². The number of carboxylic acids is 1. The summed E-state index contributed by atoms with van der Waals surface area (Å²) in [5.41, 5.74) is 0. The highest BCUT2D eigenvalue weighted by atomic mass is 16.7. The molecule has 0 spiro atoms. The van der Waals surface area contributed by atoms with Gasteiger partial charge >= 0.3 is 5.97 Å².